The van der Waals surface area contributed by atoms with E-state index in [1.807, 2.05) is 0 Å². The van der Waals surface area contributed by atoms with Gasteiger partial charge in [0, 0.05) is 24.8 Å². The maximum absolute atomic E-state index is 11.8. The van der Waals surface area contributed by atoms with Crippen LogP contribution >= 0.6 is 0 Å². The van der Waals surface area contributed by atoms with Gasteiger partial charge in [-0.25, -0.2) is 0 Å². The molecule has 0 saturated heterocycles. The third-order valence-corrected chi connectivity index (χ3v) is 3.09. The second kappa shape index (κ2) is 4.61. The number of amides is 1. The van der Waals surface area contributed by atoms with Crippen LogP contribution in [0.5, 0.6) is 0 Å². The standard InChI is InChI=1S/C12H17N3O/c1-8-4-10(8)7-15-12(16)9-2-3-14-11(5-9)6-13/h2-3,5,8,10H,4,6-7,13H2,1H3,(H,15,16). The van der Waals surface area contributed by atoms with E-state index in [4.69, 9.17) is 5.73 Å². The van der Waals surface area contributed by atoms with Crippen LogP contribution in [0.15, 0.2) is 18.3 Å². The van der Waals surface area contributed by atoms with Crippen molar-refractivity contribution in [2.45, 2.75) is 19.9 Å². The second-order valence-corrected chi connectivity index (χ2v) is 4.42. The van der Waals surface area contributed by atoms with Crippen LogP contribution < -0.4 is 11.1 Å². The Hall–Kier alpha value is -1.42. The first-order valence-corrected chi connectivity index (χ1v) is 5.64. The highest BCUT2D eigenvalue weighted by molar-refractivity contribution is 5.94. The molecular weight excluding hydrogens is 202 g/mol. The average molecular weight is 219 g/mol. The zero-order valence-electron chi connectivity index (χ0n) is 9.44. The van der Waals surface area contributed by atoms with Crippen LogP contribution in [-0.4, -0.2) is 17.4 Å². The van der Waals surface area contributed by atoms with Gasteiger partial charge >= 0.3 is 0 Å². The van der Waals surface area contributed by atoms with Crippen molar-refractivity contribution in [1.29, 1.82) is 0 Å². The van der Waals surface area contributed by atoms with Crippen molar-refractivity contribution in [2.75, 3.05) is 6.54 Å². The van der Waals surface area contributed by atoms with Crippen molar-refractivity contribution in [3.05, 3.63) is 29.6 Å². The summed E-state index contributed by atoms with van der Waals surface area (Å²) in [5, 5.41) is 2.94. The summed E-state index contributed by atoms with van der Waals surface area (Å²) in [5.41, 5.74) is 6.86. The smallest absolute Gasteiger partial charge is 0.251 e. The summed E-state index contributed by atoms with van der Waals surface area (Å²) >= 11 is 0. The third kappa shape index (κ3) is 2.58. The van der Waals surface area contributed by atoms with E-state index < -0.39 is 0 Å². The van der Waals surface area contributed by atoms with E-state index in [-0.39, 0.29) is 5.91 Å². The van der Waals surface area contributed by atoms with Gasteiger partial charge in [-0.3, -0.25) is 9.78 Å². The van der Waals surface area contributed by atoms with Gasteiger partial charge in [0.1, 0.15) is 0 Å². The van der Waals surface area contributed by atoms with E-state index in [9.17, 15) is 4.79 Å². The van der Waals surface area contributed by atoms with Gasteiger partial charge in [0.2, 0.25) is 0 Å². The molecule has 16 heavy (non-hydrogen) atoms. The van der Waals surface area contributed by atoms with Crippen molar-refractivity contribution in [2.24, 2.45) is 17.6 Å². The number of hydrogen-bond donors (Lipinski definition) is 2. The minimum absolute atomic E-state index is 0.0313. The summed E-state index contributed by atoms with van der Waals surface area (Å²) < 4.78 is 0. The number of pyridine rings is 1. The summed E-state index contributed by atoms with van der Waals surface area (Å²) in [4.78, 5) is 15.8. The summed E-state index contributed by atoms with van der Waals surface area (Å²) in [5.74, 6) is 1.40. The number of carbonyl (C=O) groups excluding carboxylic acids is 1. The lowest BCUT2D eigenvalue weighted by Crippen LogP contribution is -2.26. The van der Waals surface area contributed by atoms with Crippen LogP contribution in [0.25, 0.3) is 0 Å². The Morgan fingerprint density at radius 2 is 2.44 bits per heavy atom. The largest absolute Gasteiger partial charge is 0.352 e. The van der Waals surface area contributed by atoms with Crippen molar-refractivity contribution in [3.8, 4) is 0 Å². The lowest BCUT2D eigenvalue weighted by molar-refractivity contribution is 0.0951. The molecule has 2 unspecified atom stereocenters. The van der Waals surface area contributed by atoms with Gasteiger partial charge in [-0.05, 0) is 30.4 Å². The minimum Gasteiger partial charge on any atom is -0.352 e. The van der Waals surface area contributed by atoms with Gasteiger partial charge in [-0.1, -0.05) is 6.92 Å². The normalized spacial score (nSPS) is 22.9. The molecule has 0 aliphatic heterocycles. The first-order valence-electron chi connectivity index (χ1n) is 5.64. The number of nitrogens with two attached hydrogens (primary N) is 1. The Kier molecular flexibility index (Phi) is 3.19. The molecule has 0 radical (unpaired) electrons. The maximum Gasteiger partial charge on any atom is 0.251 e. The lowest BCUT2D eigenvalue weighted by Gasteiger charge is -2.05. The SMILES string of the molecule is CC1CC1CNC(=O)c1ccnc(CN)c1. The number of nitrogens with one attached hydrogen (secondary N) is 1. The Morgan fingerprint density at radius 3 is 3.06 bits per heavy atom. The van der Waals surface area contributed by atoms with Gasteiger partial charge < -0.3 is 11.1 Å². The zero-order valence-corrected chi connectivity index (χ0v) is 9.44. The van der Waals surface area contributed by atoms with Crippen molar-refractivity contribution in [3.63, 3.8) is 0 Å². The maximum atomic E-state index is 11.8. The molecule has 1 fully saturated rings. The number of aromatic nitrogens is 1. The molecule has 86 valence electrons. The highest BCUT2D eigenvalue weighted by atomic mass is 16.1. The second-order valence-electron chi connectivity index (χ2n) is 4.42. The highest BCUT2D eigenvalue weighted by Gasteiger charge is 2.32. The predicted molar refractivity (Wildman–Crippen MR) is 61.7 cm³/mol. The molecule has 1 aromatic heterocycles. The van der Waals surface area contributed by atoms with Crippen molar-refractivity contribution in [1.82, 2.24) is 10.3 Å². The molecule has 1 saturated carbocycles. The quantitative estimate of drug-likeness (QED) is 0.791. The molecule has 2 atom stereocenters. The number of rotatable bonds is 4. The van der Waals surface area contributed by atoms with Crippen molar-refractivity contribution < 1.29 is 4.79 Å². The molecule has 1 aromatic rings. The zero-order chi connectivity index (χ0) is 11.5. The molecule has 0 aromatic carbocycles. The first kappa shape index (κ1) is 11.1. The molecule has 1 amide bonds. The fraction of sp³-hybridized carbons (Fsp3) is 0.500. The van der Waals surface area contributed by atoms with Gasteiger partial charge in [0.05, 0.1) is 5.69 Å². The predicted octanol–water partition coefficient (Wildman–Crippen LogP) is 0.926. The molecule has 4 nitrogen and oxygen atoms in total. The summed E-state index contributed by atoms with van der Waals surface area (Å²) in [6.07, 6.45) is 2.85. The summed E-state index contributed by atoms with van der Waals surface area (Å²) in [6, 6.07) is 3.45. The first-order chi connectivity index (χ1) is 7.70. The fourth-order valence-electron chi connectivity index (χ4n) is 1.74. The lowest BCUT2D eigenvalue weighted by atomic mass is 10.2. The van der Waals surface area contributed by atoms with Crippen LogP contribution in [0.3, 0.4) is 0 Å². The summed E-state index contributed by atoms with van der Waals surface area (Å²) in [6.45, 7) is 3.34. The summed E-state index contributed by atoms with van der Waals surface area (Å²) in [7, 11) is 0. The Labute approximate surface area is 95.3 Å². The van der Waals surface area contributed by atoms with Gasteiger partial charge in [-0.2, -0.15) is 0 Å². The van der Waals surface area contributed by atoms with E-state index in [0.717, 1.165) is 18.2 Å². The molecule has 1 aliphatic rings. The molecule has 0 spiro atoms. The third-order valence-electron chi connectivity index (χ3n) is 3.09. The Morgan fingerprint density at radius 1 is 1.69 bits per heavy atom. The highest BCUT2D eigenvalue weighted by Crippen LogP contribution is 2.36. The number of hydrogen-bond acceptors (Lipinski definition) is 3. The van der Waals surface area contributed by atoms with E-state index in [1.165, 1.54) is 6.42 Å². The Bertz CT molecular complexity index is 392. The molecular formula is C12H17N3O. The minimum atomic E-state index is -0.0313. The van der Waals surface area contributed by atoms with Crippen LogP contribution in [0.1, 0.15) is 29.4 Å². The van der Waals surface area contributed by atoms with E-state index in [2.05, 4.69) is 17.2 Å². The molecule has 0 bridgehead atoms. The molecule has 2 rings (SSSR count). The average Bonchev–Trinajstić information content (AvgIpc) is 3.02. The Balaban J connectivity index is 1.92. The molecule has 1 heterocycles. The fourth-order valence-corrected chi connectivity index (χ4v) is 1.74. The molecule has 4 heteroatoms. The molecule has 3 N–H and O–H groups in total. The van der Waals surface area contributed by atoms with Crippen molar-refractivity contribution >= 4 is 5.91 Å². The van der Waals surface area contributed by atoms with E-state index in [0.29, 0.717) is 18.0 Å². The monoisotopic (exact) mass is 219 g/mol. The van der Waals surface area contributed by atoms with Crippen LogP contribution in [-0.2, 0) is 6.54 Å². The van der Waals surface area contributed by atoms with Gasteiger partial charge in [-0.15, -0.1) is 0 Å². The topological polar surface area (TPSA) is 68.0 Å². The van der Waals surface area contributed by atoms with Gasteiger partial charge in [0.25, 0.3) is 5.91 Å². The van der Waals surface area contributed by atoms with Gasteiger partial charge in [0.15, 0.2) is 0 Å². The number of nitrogens with zero attached hydrogens (tertiary/aromatic N) is 1. The number of carbonyl (C=O) groups is 1. The van der Waals surface area contributed by atoms with Crippen LogP contribution in [0.4, 0.5) is 0 Å². The van der Waals surface area contributed by atoms with Crippen LogP contribution in [0.2, 0.25) is 0 Å². The van der Waals surface area contributed by atoms with Crippen LogP contribution in [0, 0.1) is 11.8 Å². The molecule has 1 aliphatic carbocycles. The van der Waals surface area contributed by atoms with E-state index >= 15 is 0 Å². The van der Waals surface area contributed by atoms with E-state index in [1.54, 1.807) is 18.3 Å².